The minimum atomic E-state index is -0.992. The maximum atomic E-state index is 12.0. The van der Waals surface area contributed by atoms with Gasteiger partial charge >= 0.3 is 5.97 Å². The molecule has 0 bridgehead atoms. The van der Waals surface area contributed by atoms with Gasteiger partial charge < -0.3 is 10.1 Å². The third-order valence-corrected chi connectivity index (χ3v) is 3.62. The van der Waals surface area contributed by atoms with Crippen LogP contribution in [0.3, 0.4) is 0 Å². The highest BCUT2D eigenvalue weighted by Gasteiger charge is 2.22. The maximum absolute atomic E-state index is 12.0. The van der Waals surface area contributed by atoms with Gasteiger partial charge in [-0.1, -0.05) is 36.7 Å². The van der Waals surface area contributed by atoms with Gasteiger partial charge in [-0.05, 0) is 30.2 Å². The molecule has 7 nitrogen and oxygen atoms in total. The van der Waals surface area contributed by atoms with Crippen molar-refractivity contribution in [3.8, 4) is 0 Å². The largest absolute Gasteiger partial charge is 0.452 e. The number of carbonyl (C=O) groups is 2. The first-order valence-corrected chi connectivity index (χ1v) is 7.79. The summed E-state index contributed by atoms with van der Waals surface area (Å²) in [6, 6.07) is 10.8. The van der Waals surface area contributed by atoms with Crippen molar-refractivity contribution in [1.82, 2.24) is 0 Å². The summed E-state index contributed by atoms with van der Waals surface area (Å²) in [6.07, 6.45) is 0.727. The van der Waals surface area contributed by atoms with Crippen LogP contribution in [0.5, 0.6) is 0 Å². The highest BCUT2D eigenvalue weighted by atomic mass is 35.5. The fourth-order valence-electron chi connectivity index (χ4n) is 2.18. The molecule has 0 heterocycles. The number of halogens is 1. The van der Waals surface area contributed by atoms with Gasteiger partial charge in [-0.3, -0.25) is 14.9 Å². The van der Waals surface area contributed by atoms with E-state index in [1.807, 2.05) is 19.1 Å². The van der Waals surface area contributed by atoms with Gasteiger partial charge in [0.05, 0.1) is 4.92 Å². The average molecular weight is 363 g/mol. The van der Waals surface area contributed by atoms with Crippen LogP contribution in [0.2, 0.25) is 5.02 Å². The third-order valence-electron chi connectivity index (χ3n) is 3.38. The number of para-hydroxylation sites is 1. The van der Waals surface area contributed by atoms with Crippen molar-refractivity contribution in [1.29, 1.82) is 0 Å². The molecule has 1 N–H and O–H groups in total. The molecule has 0 radical (unpaired) electrons. The zero-order chi connectivity index (χ0) is 18.4. The first kappa shape index (κ1) is 18.4. The molecule has 8 heteroatoms. The topological polar surface area (TPSA) is 98.5 Å². The molecule has 130 valence electrons. The summed E-state index contributed by atoms with van der Waals surface area (Å²) in [7, 11) is 0. The van der Waals surface area contributed by atoms with E-state index < -0.39 is 29.1 Å². The molecule has 0 aromatic heterocycles. The Bertz CT molecular complexity index is 822. The van der Waals surface area contributed by atoms with E-state index in [2.05, 4.69) is 5.32 Å². The van der Waals surface area contributed by atoms with Gasteiger partial charge in [-0.2, -0.15) is 0 Å². The van der Waals surface area contributed by atoms with Gasteiger partial charge in [0.15, 0.2) is 6.61 Å². The van der Waals surface area contributed by atoms with Crippen molar-refractivity contribution >= 4 is 34.9 Å². The molecule has 0 aliphatic heterocycles. The first-order chi connectivity index (χ1) is 11.9. The van der Waals surface area contributed by atoms with E-state index in [4.69, 9.17) is 16.3 Å². The van der Waals surface area contributed by atoms with Crippen molar-refractivity contribution < 1.29 is 19.2 Å². The lowest BCUT2D eigenvalue weighted by atomic mass is 10.1. The molecule has 2 rings (SSSR count). The lowest BCUT2D eigenvalue weighted by molar-refractivity contribution is -0.385. The van der Waals surface area contributed by atoms with E-state index in [1.165, 1.54) is 6.07 Å². The van der Waals surface area contributed by atoms with Crippen LogP contribution in [0.4, 0.5) is 11.4 Å². The summed E-state index contributed by atoms with van der Waals surface area (Å²) in [5, 5.41) is 13.8. The fourth-order valence-corrected chi connectivity index (χ4v) is 2.35. The third kappa shape index (κ3) is 4.77. The molecular weight excluding hydrogens is 348 g/mol. The van der Waals surface area contributed by atoms with Gasteiger partial charge in [0, 0.05) is 16.8 Å². The molecule has 0 atom stereocenters. The highest BCUT2D eigenvalue weighted by molar-refractivity contribution is 6.31. The quantitative estimate of drug-likeness (QED) is 0.481. The van der Waals surface area contributed by atoms with E-state index in [-0.39, 0.29) is 10.6 Å². The van der Waals surface area contributed by atoms with E-state index in [9.17, 15) is 19.7 Å². The summed E-state index contributed by atoms with van der Waals surface area (Å²) in [6.45, 7) is 1.38. The Morgan fingerprint density at radius 2 is 1.96 bits per heavy atom. The average Bonchev–Trinajstić information content (AvgIpc) is 2.59. The predicted octanol–water partition coefficient (Wildman–Crippen LogP) is 3.61. The number of nitrogens with zero attached hydrogens (tertiary/aromatic N) is 1. The number of aryl methyl sites for hydroxylation is 1. The number of benzene rings is 2. The molecule has 0 fully saturated rings. The molecule has 0 aliphatic carbocycles. The normalized spacial score (nSPS) is 10.2. The number of anilines is 1. The Kier molecular flexibility index (Phi) is 6.08. The molecule has 0 aliphatic rings. The Morgan fingerprint density at radius 3 is 2.64 bits per heavy atom. The first-order valence-electron chi connectivity index (χ1n) is 7.41. The standard InChI is InChI=1S/C17H15ClN2O5/c1-2-11-5-3-4-6-14(11)19-16(21)10-25-17(22)13-9-12(18)7-8-15(13)20(23)24/h3-9H,2,10H2,1H3,(H,19,21). The molecule has 0 saturated carbocycles. The summed E-state index contributed by atoms with van der Waals surface area (Å²) in [5.74, 6) is -1.54. The Balaban J connectivity index is 2.04. The van der Waals surface area contributed by atoms with Crippen LogP contribution in [0.1, 0.15) is 22.8 Å². The monoisotopic (exact) mass is 362 g/mol. The second-order valence-corrected chi connectivity index (χ2v) is 5.49. The number of rotatable bonds is 6. The summed E-state index contributed by atoms with van der Waals surface area (Å²) >= 11 is 5.76. The minimum absolute atomic E-state index is 0.152. The van der Waals surface area contributed by atoms with Crippen LogP contribution in [-0.2, 0) is 16.0 Å². The Labute approximate surface area is 148 Å². The van der Waals surface area contributed by atoms with E-state index in [1.54, 1.807) is 12.1 Å². The van der Waals surface area contributed by atoms with Crippen LogP contribution in [0.25, 0.3) is 0 Å². The SMILES string of the molecule is CCc1ccccc1NC(=O)COC(=O)c1cc(Cl)ccc1[N+](=O)[O-]. The molecule has 2 aromatic rings. The predicted molar refractivity (Wildman–Crippen MR) is 92.8 cm³/mol. The Morgan fingerprint density at radius 1 is 1.24 bits per heavy atom. The summed E-state index contributed by atoms with van der Waals surface area (Å²) < 4.78 is 4.87. The number of nitrogens with one attached hydrogen (secondary N) is 1. The molecule has 2 aromatic carbocycles. The molecule has 25 heavy (non-hydrogen) atoms. The zero-order valence-corrected chi connectivity index (χ0v) is 14.1. The Hall–Kier alpha value is -2.93. The van der Waals surface area contributed by atoms with Crippen molar-refractivity contribution in [2.45, 2.75) is 13.3 Å². The summed E-state index contributed by atoms with van der Waals surface area (Å²) in [4.78, 5) is 34.2. The van der Waals surface area contributed by atoms with Crippen molar-refractivity contribution in [3.63, 3.8) is 0 Å². The second kappa shape index (κ2) is 8.25. The molecule has 0 unspecified atom stereocenters. The number of nitro groups is 1. The van der Waals surface area contributed by atoms with E-state index >= 15 is 0 Å². The highest BCUT2D eigenvalue weighted by Crippen LogP contribution is 2.23. The maximum Gasteiger partial charge on any atom is 0.345 e. The number of hydrogen-bond acceptors (Lipinski definition) is 5. The van der Waals surface area contributed by atoms with Crippen LogP contribution < -0.4 is 5.32 Å². The number of esters is 1. The smallest absolute Gasteiger partial charge is 0.345 e. The lowest BCUT2D eigenvalue weighted by Gasteiger charge is -2.10. The van der Waals surface area contributed by atoms with Gasteiger partial charge in [-0.15, -0.1) is 0 Å². The van der Waals surface area contributed by atoms with Gasteiger partial charge in [0.25, 0.3) is 11.6 Å². The van der Waals surface area contributed by atoms with Crippen molar-refractivity contribution in [2.75, 3.05) is 11.9 Å². The number of carbonyl (C=O) groups excluding carboxylic acids is 2. The minimum Gasteiger partial charge on any atom is -0.452 e. The fraction of sp³-hybridized carbons (Fsp3) is 0.176. The van der Waals surface area contributed by atoms with Crippen molar-refractivity contribution in [2.24, 2.45) is 0 Å². The van der Waals surface area contributed by atoms with Gasteiger partial charge in [0.1, 0.15) is 5.56 Å². The molecule has 1 amide bonds. The van der Waals surface area contributed by atoms with E-state index in [0.29, 0.717) is 5.69 Å². The number of amides is 1. The number of nitro benzene ring substituents is 1. The van der Waals surface area contributed by atoms with Gasteiger partial charge in [-0.25, -0.2) is 4.79 Å². The van der Waals surface area contributed by atoms with Crippen LogP contribution >= 0.6 is 11.6 Å². The molecule has 0 saturated heterocycles. The van der Waals surface area contributed by atoms with Crippen molar-refractivity contribution in [3.05, 3.63) is 68.7 Å². The van der Waals surface area contributed by atoms with Gasteiger partial charge in [0.2, 0.25) is 0 Å². The molecule has 0 spiro atoms. The van der Waals surface area contributed by atoms with Crippen LogP contribution in [0.15, 0.2) is 42.5 Å². The lowest BCUT2D eigenvalue weighted by Crippen LogP contribution is -2.22. The van der Waals surface area contributed by atoms with Crippen LogP contribution in [-0.4, -0.2) is 23.4 Å². The number of hydrogen-bond donors (Lipinski definition) is 1. The zero-order valence-electron chi connectivity index (χ0n) is 13.3. The second-order valence-electron chi connectivity index (χ2n) is 5.05. The number of ether oxygens (including phenoxy) is 1. The summed E-state index contributed by atoms with van der Waals surface area (Å²) in [5.41, 5.74) is 0.817. The van der Waals surface area contributed by atoms with E-state index in [0.717, 1.165) is 24.1 Å². The molecular formula is C17H15ClN2O5. The van der Waals surface area contributed by atoms with Crippen LogP contribution in [0, 0.1) is 10.1 Å².